The fourth-order valence-electron chi connectivity index (χ4n) is 1.95. The van der Waals surface area contributed by atoms with Crippen molar-refractivity contribution in [3.8, 4) is 17.6 Å². The van der Waals surface area contributed by atoms with Gasteiger partial charge < -0.3 is 14.8 Å². The molecule has 1 N–H and O–H groups in total. The zero-order chi connectivity index (χ0) is 14.1. The van der Waals surface area contributed by atoms with Crippen LogP contribution in [-0.4, -0.2) is 27.3 Å². The normalized spacial score (nSPS) is 10.0. The number of hydrogen-bond donors (Lipinski definition) is 1. The van der Waals surface area contributed by atoms with Crippen molar-refractivity contribution in [2.24, 2.45) is 0 Å². The molecule has 0 fully saturated rings. The Hall–Kier alpha value is -1.73. The van der Waals surface area contributed by atoms with Gasteiger partial charge in [0.05, 0.1) is 20.3 Å². The van der Waals surface area contributed by atoms with Crippen molar-refractivity contribution in [1.29, 1.82) is 5.26 Å². The molecule has 19 heavy (non-hydrogen) atoms. The predicted octanol–water partition coefficient (Wildman–Crippen LogP) is 2.45. The molecular formula is C15H22N2O2. The molecule has 1 aromatic rings. The van der Waals surface area contributed by atoms with Crippen molar-refractivity contribution < 1.29 is 9.47 Å². The highest BCUT2D eigenvalue weighted by Crippen LogP contribution is 2.28. The van der Waals surface area contributed by atoms with Crippen LogP contribution in [0.25, 0.3) is 0 Å². The van der Waals surface area contributed by atoms with Crippen LogP contribution in [0.3, 0.4) is 0 Å². The van der Waals surface area contributed by atoms with Crippen molar-refractivity contribution in [3.63, 3.8) is 0 Å². The van der Waals surface area contributed by atoms with Crippen molar-refractivity contribution >= 4 is 0 Å². The molecule has 4 heteroatoms. The lowest BCUT2D eigenvalue weighted by molar-refractivity contribution is 0.396. The number of benzene rings is 1. The number of nitriles is 1. The summed E-state index contributed by atoms with van der Waals surface area (Å²) in [7, 11) is 3.36. The molecule has 0 amide bonds. The van der Waals surface area contributed by atoms with Crippen LogP contribution in [0.2, 0.25) is 0 Å². The Morgan fingerprint density at radius 1 is 1.16 bits per heavy atom. The Bertz CT molecular complexity index is 439. The molecule has 0 heterocycles. The van der Waals surface area contributed by atoms with E-state index in [2.05, 4.69) is 11.4 Å². The SMILES string of the molecule is COc1cc(CCNCCCC#N)c(OC)cc1C. The van der Waals surface area contributed by atoms with E-state index in [0.717, 1.165) is 48.6 Å². The summed E-state index contributed by atoms with van der Waals surface area (Å²) in [6.07, 6.45) is 2.38. The number of ether oxygens (including phenoxy) is 2. The van der Waals surface area contributed by atoms with Crippen LogP contribution in [-0.2, 0) is 6.42 Å². The van der Waals surface area contributed by atoms with Crippen molar-refractivity contribution in [2.45, 2.75) is 26.2 Å². The molecule has 1 aromatic carbocycles. The van der Waals surface area contributed by atoms with E-state index in [0.29, 0.717) is 6.42 Å². The first-order chi connectivity index (χ1) is 9.22. The molecule has 0 unspecified atom stereocenters. The summed E-state index contributed by atoms with van der Waals surface area (Å²) in [6, 6.07) is 6.18. The standard InChI is InChI=1S/C15H22N2O2/c1-12-10-15(19-3)13(11-14(12)18-2)6-9-17-8-5-4-7-16/h10-11,17H,4-6,8-9H2,1-3H3. The van der Waals surface area contributed by atoms with Crippen molar-refractivity contribution in [3.05, 3.63) is 23.3 Å². The summed E-state index contributed by atoms with van der Waals surface area (Å²) in [5.74, 6) is 1.79. The molecule has 0 radical (unpaired) electrons. The smallest absolute Gasteiger partial charge is 0.122 e. The van der Waals surface area contributed by atoms with Gasteiger partial charge in [-0.15, -0.1) is 0 Å². The van der Waals surface area contributed by atoms with Gasteiger partial charge in [0.25, 0.3) is 0 Å². The van der Waals surface area contributed by atoms with Crippen LogP contribution < -0.4 is 14.8 Å². The molecule has 104 valence electrons. The topological polar surface area (TPSA) is 54.3 Å². The quantitative estimate of drug-likeness (QED) is 0.731. The minimum atomic E-state index is 0.606. The number of unbranched alkanes of at least 4 members (excludes halogenated alkanes) is 1. The minimum absolute atomic E-state index is 0.606. The van der Waals surface area contributed by atoms with Gasteiger partial charge in [-0.3, -0.25) is 0 Å². The Labute approximate surface area is 115 Å². The van der Waals surface area contributed by atoms with Crippen LogP contribution in [0.15, 0.2) is 12.1 Å². The second-order valence-corrected chi connectivity index (χ2v) is 4.40. The number of nitrogens with zero attached hydrogens (tertiary/aromatic N) is 1. The lowest BCUT2D eigenvalue weighted by Crippen LogP contribution is -2.18. The first kappa shape index (κ1) is 15.3. The van der Waals surface area contributed by atoms with Gasteiger partial charge in [0.2, 0.25) is 0 Å². The van der Waals surface area contributed by atoms with Gasteiger partial charge in [-0.25, -0.2) is 0 Å². The van der Waals surface area contributed by atoms with Gasteiger partial charge in [-0.1, -0.05) is 0 Å². The Morgan fingerprint density at radius 2 is 1.89 bits per heavy atom. The monoisotopic (exact) mass is 262 g/mol. The third-order valence-corrected chi connectivity index (χ3v) is 3.01. The molecule has 4 nitrogen and oxygen atoms in total. The van der Waals surface area contributed by atoms with Gasteiger partial charge in [-0.2, -0.15) is 5.26 Å². The fraction of sp³-hybridized carbons (Fsp3) is 0.533. The highest BCUT2D eigenvalue weighted by atomic mass is 16.5. The van der Waals surface area contributed by atoms with Gasteiger partial charge >= 0.3 is 0 Å². The summed E-state index contributed by atoms with van der Waals surface area (Å²) in [5, 5.41) is 11.8. The van der Waals surface area contributed by atoms with E-state index in [1.807, 2.05) is 19.1 Å². The van der Waals surface area contributed by atoms with Crippen molar-refractivity contribution in [2.75, 3.05) is 27.3 Å². The van der Waals surface area contributed by atoms with E-state index in [-0.39, 0.29) is 0 Å². The molecule has 0 aromatic heterocycles. The number of aryl methyl sites for hydroxylation is 1. The average Bonchev–Trinajstić information content (AvgIpc) is 2.43. The van der Waals surface area contributed by atoms with E-state index in [4.69, 9.17) is 14.7 Å². The van der Waals surface area contributed by atoms with E-state index >= 15 is 0 Å². The Morgan fingerprint density at radius 3 is 2.53 bits per heavy atom. The van der Waals surface area contributed by atoms with Crippen LogP contribution in [0.4, 0.5) is 0 Å². The van der Waals surface area contributed by atoms with E-state index in [1.165, 1.54) is 0 Å². The summed E-state index contributed by atoms with van der Waals surface area (Å²) in [4.78, 5) is 0. The third-order valence-electron chi connectivity index (χ3n) is 3.01. The van der Waals surface area contributed by atoms with Gasteiger partial charge in [0, 0.05) is 6.42 Å². The lowest BCUT2D eigenvalue weighted by Gasteiger charge is -2.13. The molecule has 0 saturated heterocycles. The molecule has 0 bridgehead atoms. The average molecular weight is 262 g/mol. The second-order valence-electron chi connectivity index (χ2n) is 4.40. The van der Waals surface area contributed by atoms with Crippen LogP contribution in [0.1, 0.15) is 24.0 Å². The Kier molecular flexibility index (Phi) is 6.76. The number of rotatable bonds is 8. The highest BCUT2D eigenvalue weighted by molar-refractivity contribution is 5.46. The largest absolute Gasteiger partial charge is 0.496 e. The number of hydrogen-bond acceptors (Lipinski definition) is 4. The van der Waals surface area contributed by atoms with Gasteiger partial charge in [0.1, 0.15) is 11.5 Å². The van der Waals surface area contributed by atoms with E-state index in [9.17, 15) is 0 Å². The summed E-state index contributed by atoms with van der Waals surface area (Å²) >= 11 is 0. The summed E-state index contributed by atoms with van der Waals surface area (Å²) < 4.78 is 10.7. The highest BCUT2D eigenvalue weighted by Gasteiger charge is 2.08. The number of methoxy groups -OCH3 is 2. The minimum Gasteiger partial charge on any atom is -0.496 e. The maximum Gasteiger partial charge on any atom is 0.122 e. The first-order valence-electron chi connectivity index (χ1n) is 6.52. The van der Waals surface area contributed by atoms with Crippen LogP contribution in [0.5, 0.6) is 11.5 Å². The fourth-order valence-corrected chi connectivity index (χ4v) is 1.95. The molecule has 1 rings (SSSR count). The third kappa shape index (κ3) is 4.80. The van der Waals surface area contributed by atoms with E-state index < -0.39 is 0 Å². The number of nitrogens with one attached hydrogen (secondary N) is 1. The molecule has 0 spiro atoms. The zero-order valence-corrected chi connectivity index (χ0v) is 12.0. The van der Waals surface area contributed by atoms with Crippen molar-refractivity contribution in [1.82, 2.24) is 5.32 Å². The maximum absolute atomic E-state index is 8.44. The van der Waals surface area contributed by atoms with Crippen LogP contribution >= 0.6 is 0 Å². The summed E-state index contributed by atoms with van der Waals surface area (Å²) in [5.41, 5.74) is 2.21. The van der Waals surface area contributed by atoms with Gasteiger partial charge in [0.15, 0.2) is 0 Å². The first-order valence-corrected chi connectivity index (χ1v) is 6.52. The van der Waals surface area contributed by atoms with Gasteiger partial charge in [-0.05, 0) is 56.1 Å². The Balaban J connectivity index is 2.54. The zero-order valence-electron chi connectivity index (χ0n) is 12.0. The molecule has 0 atom stereocenters. The lowest BCUT2D eigenvalue weighted by atomic mass is 10.1. The predicted molar refractivity (Wildman–Crippen MR) is 75.7 cm³/mol. The maximum atomic E-state index is 8.44. The van der Waals surface area contributed by atoms with Crippen LogP contribution in [0, 0.1) is 18.3 Å². The summed E-state index contributed by atoms with van der Waals surface area (Å²) in [6.45, 7) is 3.75. The molecule has 0 aliphatic carbocycles. The second kappa shape index (κ2) is 8.39. The van der Waals surface area contributed by atoms with E-state index in [1.54, 1.807) is 14.2 Å². The molecular weight excluding hydrogens is 240 g/mol. The molecule has 0 saturated carbocycles. The molecule has 0 aliphatic rings. The molecule has 0 aliphatic heterocycles.